The molecule has 11 heavy (non-hydrogen) atoms. The van der Waals surface area contributed by atoms with Gasteiger partial charge >= 0.3 is 0 Å². The number of ketones is 1. The molecule has 0 aliphatic carbocycles. The molecule has 1 fully saturated rings. The van der Waals surface area contributed by atoms with Crippen LogP contribution in [0.3, 0.4) is 0 Å². The number of nitrogens with one attached hydrogen (secondary N) is 1. The first kappa shape index (κ1) is 8.68. The summed E-state index contributed by atoms with van der Waals surface area (Å²) in [5.41, 5.74) is 0. The summed E-state index contributed by atoms with van der Waals surface area (Å²) in [6.07, 6.45) is 0. The minimum absolute atomic E-state index is 0.142. The molecule has 0 amide bonds. The van der Waals surface area contributed by atoms with Crippen molar-refractivity contribution in [3.8, 4) is 0 Å². The maximum absolute atomic E-state index is 10.9. The normalized spacial score (nSPS) is 23.1. The molecule has 1 radical (unpaired) electrons. The quantitative estimate of drug-likeness (QED) is 0.593. The molecule has 1 unspecified atom stereocenters. The largest absolute Gasteiger partial charge is 0.314 e. The molecule has 1 aliphatic rings. The second-order valence-corrected chi connectivity index (χ2v) is 2.91. The maximum Gasteiger partial charge on any atom is 0.146 e. The first-order valence-electron chi connectivity index (χ1n) is 4.00. The zero-order valence-corrected chi connectivity index (χ0v) is 6.97. The van der Waals surface area contributed by atoms with Crippen LogP contribution in [0.2, 0.25) is 0 Å². The Morgan fingerprint density at radius 1 is 1.55 bits per heavy atom. The van der Waals surface area contributed by atoms with Crippen LogP contribution >= 0.6 is 0 Å². The van der Waals surface area contributed by atoms with E-state index >= 15 is 0 Å². The van der Waals surface area contributed by atoms with Gasteiger partial charge in [0.1, 0.15) is 5.78 Å². The number of rotatable bonds is 2. The van der Waals surface area contributed by atoms with Crippen LogP contribution in [0.25, 0.3) is 0 Å². The summed E-state index contributed by atoms with van der Waals surface area (Å²) >= 11 is 0. The van der Waals surface area contributed by atoms with Gasteiger partial charge in [-0.3, -0.25) is 9.69 Å². The van der Waals surface area contributed by atoms with E-state index in [0.29, 0.717) is 0 Å². The topological polar surface area (TPSA) is 32.3 Å². The molecular formula is C8H15N2O. The lowest BCUT2D eigenvalue weighted by Gasteiger charge is -2.31. The fourth-order valence-electron chi connectivity index (χ4n) is 1.25. The number of nitrogens with zero attached hydrogens (tertiary/aromatic N) is 1. The third kappa shape index (κ3) is 2.27. The molecule has 1 aliphatic heterocycles. The van der Waals surface area contributed by atoms with Crippen molar-refractivity contribution in [2.45, 2.75) is 13.0 Å². The molecule has 0 aromatic heterocycles. The van der Waals surface area contributed by atoms with E-state index in [0.717, 1.165) is 26.2 Å². The lowest BCUT2D eigenvalue weighted by Crippen LogP contribution is -2.49. The highest BCUT2D eigenvalue weighted by Crippen LogP contribution is 2.00. The van der Waals surface area contributed by atoms with Gasteiger partial charge in [-0.05, 0) is 13.8 Å². The third-order valence-electron chi connectivity index (χ3n) is 2.06. The highest BCUT2D eigenvalue weighted by molar-refractivity contribution is 5.82. The van der Waals surface area contributed by atoms with E-state index in [9.17, 15) is 4.79 Å². The molecule has 1 atom stereocenters. The minimum atomic E-state index is -0.142. The van der Waals surface area contributed by atoms with Gasteiger partial charge in [0.2, 0.25) is 0 Å². The Kier molecular flexibility index (Phi) is 3.02. The van der Waals surface area contributed by atoms with Crippen LogP contribution in [0.4, 0.5) is 0 Å². The number of carbonyl (C=O) groups excluding carboxylic acids is 1. The van der Waals surface area contributed by atoms with Gasteiger partial charge in [-0.1, -0.05) is 0 Å². The number of piperazine rings is 1. The van der Waals surface area contributed by atoms with Crippen molar-refractivity contribution in [3.63, 3.8) is 0 Å². The second-order valence-electron chi connectivity index (χ2n) is 2.91. The Bertz CT molecular complexity index is 141. The molecule has 3 heteroatoms. The van der Waals surface area contributed by atoms with Crippen LogP contribution < -0.4 is 5.32 Å². The zero-order valence-electron chi connectivity index (χ0n) is 6.97. The highest BCUT2D eigenvalue weighted by atomic mass is 16.1. The van der Waals surface area contributed by atoms with Gasteiger partial charge in [-0.2, -0.15) is 0 Å². The lowest BCUT2D eigenvalue weighted by atomic mass is 10.2. The molecule has 0 aromatic carbocycles. The van der Waals surface area contributed by atoms with E-state index in [2.05, 4.69) is 17.1 Å². The molecule has 1 saturated heterocycles. The summed E-state index contributed by atoms with van der Waals surface area (Å²) in [5.74, 6) is 0.159. The van der Waals surface area contributed by atoms with E-state index in [1.165, 1.54) is 0 Å². The molecule has 0 spiro atoms. The highest BCUT2D eigenvalue weighted by Gasteiger charge is 2.18. The Labute approximate surface area is 67.8 Å². The van der Waals surface area contributed by atoms with E-state index in [1.54, 1.807) is 6.92 Å². The molecular weight excluding hydrogens is 140 g/mol. The summed E-state index contributed by atoms with van der Waals surface area (Å²) in [5, 5.41) is 3.23. The van der Waals surface area contributed by atoms with Crippen LogP contribution in [0.1, 0.15) is 6.92 Å². The van der Waals surface area contributed by atoms with Crippen molar-refractivity contribution in [1.29, 1.82) is 0 Å². The zero-order chi connectivity index (χ0) is 8.27. The van der Waals surface area contributed by atoms with Gasteiger partial charge < -0.3 is 5.32 Å². The SMILES string of the molecule is [CH2]C(C(C)=O)N1CCNCC1. The van der Waals surface area contributed by atoms with Gasteiger partial charge in [0.15, 0.2) is 0 Å². The van der Waals surface area contributed by atoms with E-state index < -0.39 is 0 Å². The first-order chi connectivity index (χ1) is 5.22. The van der Waals surface area contributed by atoms with E-state index in [1.807, 2.05) is 0 Å². The Morgan fingerprint density at radius 2 is 2.09 bits per heavy atom. The van der Waals surface area contributed by atoms with Crippen molar-refractivity contribution >= 4 is 5.78 Å². The standard InChI is InChI=1S/C8H15N2O/c1-7(8(2)11)10-5-3-9-4-6-10/h7,9H,1,3-6H2,2H3. The van der Waals surface area contributed by atoms with Crippen LogP contribution in [0.15, 0.2) is 0 Å². The number of Topliss-reactive ketones (excluding diaryl/α,β-unsaturated/α-hetero) is 1. The predicted octanol–water partition coefficient (Wildman–Crippen LogP) is -0.317. The average Bonchev–Trinajstić information content (AvgIpc) is 2.05. The summed E-state index contributed by atoms with van der Waals surface area (Å²) in [4.78, 5) is 13.0. The van der Waals surface area contributed by atoms with E-state index in [-0.39, 0.29) is 11.8 Å². The van der Waals surface area contributed by atoms with Crippen molar-refractivity contribution in [2.75, 3.05) is 26.2 Å². The Hall–Kier alpha value is -0.410. The van der Waals surface area contributed by atoms with Crippen LogP contribution in [0, 0.1) is 6.92 Å². The fourth-order valence-corrected chi connectivity index (χ4v) is 1.25. The molecule has 0 saturated carbocycles. The van der Waals surface area contributed by atoms with Crippen molar-refractivity contribution in [1.82, 2.24) is 10.2 Å². The number of hydrogen-bond donors (Lipinski definition) is 1. The minimum Gasteiger partial charge on any atom is -0.314 e. The van der Waals surface area contributed by atoms with Crippen molar-refractivity contribution < 1.29 is 4.79 Å². The summed E-state index contributed by atoms with van der Waals surface area (Å²) in [6, 6.07) is -0.142. The molecule has 0 bridgehead atoms. The molecule has 0 aromatic rings. The predicted molar refractivity (Wildman–Crippen MR) is 44.3 cm³/mol. The van der Waals surface area contributed by atoms with Crippen molar-refractivity contribution in [2.24, 2.45) is 0 Å². The van der Waals surface area contributed by atoms with E-state index in [4.69, 9.17) is 0 Å². The number of hydrogen-bond acceptors (Lipinski definition) is 3. The monoisotopic (exact) mass is 155 g/mol. The smallest absolute Gasteiger partial charge is 0.146 e. The van der Waals surface area contributed by atoms with Crippen LogP contribution in [-0.2, 0) is 4.79 Å². The summed E-state index contributed by atoms with van der Waals surface area (Å²) in [7, 11) is 0. The lowest BCUT2D eigenvalue weighted by molar-refractivity contribution is -0.120. The van der Waals surface area contributed by atoms with Crippen molar-refractivity contribution in [3.05, 3.63) is 6.92 Å². The number of carbonyl (C=O) groups is 1. The van der Waals surface area contributed by atoms with Crippen LogP contribution in [-0.4, -0.2) is 42.9 Å². The molecule has 1 N–H and O–H groups in total. The molecule has 1 heterocycles. The summed E-state index contributed by atoms with van der Waals surface area (Å²) in [6.45, 7) is 9.23. The molecule has 1 rings (SSSR count). The maximum atomic E-state index is 10.9. The Morgan fingerprint density at radius 3 is 2.55 bits per heavy atom. The van der Waals surface area contributed by atoms with Gasteiger partial charge in [0.05, 0.1) is 6.04 Å². The third-order valence-corrected chi connectivity index (χ3v) is 2.06. The van der Waals surface area contributed by atoms with Gasteiger partial charge in [0.25, 0.3) is 0 Å². The van der Waals surface area contributed by atoms with Gasteiger partial charge in [-0.15, -0.1) is 0 Å². The molecule has 63 valence electrons. The summed E-state index contributed by atoms with van der Waals surface area (Å²) < 4.78 is 0. The molecule has 3 nitrogen and oxygen atoms in total. The van der Waals surface area contributed by atoms with Gasteiger partial charge in [-0.25, -0.2) is 0 Å². The van der Waals surface area contributed by atoms with Crippen LogP contribution in [0.5, 0.6) is 0 Å². The average molecular weight is 155 g/mol. The second kappa shape index (κ2) is 3.83. The van der Waals surface area contributed by atoms with Gasteiger partial charge in [0, 0.05) is 26.2 Å². The fraction of sp³-hybridized carbons (Fsp3) is 0.750. The Balaban J connectivity index is 2.38. The first-order valence-corrected chi connectivity index (χ1v) is 4.00.